The van der Waals surface area contributed by atoms with Crippen molar-refractivity contribution >= 4 is 42.8 Å². The van der Waals surface area contributed by atoms with E-state index in [1.54, 1.807) is 6.07 Å². The van der Waals surface area contributed by atoms with E-state index in [9.17, 15) is 4.79 Å². The minimum Gasteiger partial charge on any atom is -0.489 e. The van der Waals surface area contributed by atoms with Gasteiger partial charge in [-0.1, -0.05) is 31.9 Å². The smallest absolute Gasteiger partial charge is 0.336 e. The van der Waals surface area contributed by atoms with E-state index in [1.807, 2.05) is 36.4 Å². The Hall–Kier alpha value is -1.59. The third-order valence-corrected chi connectivity index (χ3v) is 4.02. The molecular formula is C16H10Br2O3. The first-order valence-electron chi connectivity index (χ1n) is 6.22. The van der Waals surface area contributed by atoms with Crippen molar-refractivity contribution in [2.75, 3.05) is 0 Å². The SMILES string of the molecule is O=c1cc(COc2ccc(Br)cc2)c2cc(Br)ccc2o1. The molecule has 0 fully saturated rings. The molecule has 0 saturated carbocycles. The highest BCUT2D eigenvalue weighted by molar-refractivity contribution is 9.10. The van der Waals surface area contributed by atoms with Gasteiger partial charge < -0.3 is 9.15 Å². The molecule has 21 heavy (non-hydrogen) atoms. The zero-order valence-electron chi connectivity index (χ0n) is 10.8. The Kier molecular flexibility index (Phi) is 4.12. The first-order chi connectivity index (χ1) is 10.1. The Morgan fingerprint density at radius 1 is 0.952 bits per heavy atom. The third-order valence-electron chi connectivity index (χ3n) is 3.00. The molecule has 0 unspecified atom stereocenters. The van der Waals surface area contributed by atoms with Crippen molar-refractivity contribution < 1.29 is 9.15 Å². The van der Waals surface area contributed by atoms with Crippen LogP contribution in [0.2, 0.25) is 0 Å². The van der Waals surface area contributed by atoms with Gasteiger partial charge >= 0.3 is 5.63 Å². The lowest BCUT2D eigenvalue weighted by atomic mass is 10.1. The van der Waals surface area contributed by atoms with Crippen molar-refractivity contribution in [1.29, 1.82) is 0 Å². The van der Waals surface area contributed by atoms with Crippen LogP contribution < -0.4 is 10.4 Å². The molecule has 0 aliphatic heterocycles. The van der Waals surface area contributed by atoms with Crippen molar-refractivity contribution in [2.24, 2.45) is 0 Å². The van der Waals surface area contributed by atoms with Gasteiger partial charge in [0.25, 0.3) is 0 Å². The van der Waals surface area contributed by atoms with Crippen molar-refractivity contribution in [3.63, 3.8) is 0 Å². The Labute approximate surface area is 137 Å². The van der Waals surface area contributed by atoms with Gasteiger partial charge in [-0.15, -0.1) is 0 Å². The Bertz CT molecular complexity index is 838. The van der Waals surface area contributed by atoms with Gasteiger partial charge in [0.15, 0.2) is 0 Å². The van der Waals surface area contributed by atoms with Crippen LogP contribution >= 0.6 is 31.9 Å². The molecule has 1 aromatic heterocycles. The van der Waals surface area contributed by atoms with Crippen LogP contribution in [0.5, 0.6) is 5.75 Å². The molecule has 0 spiro atoms. The molecule has 5 heteroatoms. The average molecular weight is 410 g/mol. The highest BCUT2D eigenvalue weighted by atomic mass is 79.9. The standard InChI is InChI=1S/C16H10Br2O3/c17-11-1-4-13(5-2-11)20-9-10-7-16(19)21-15-6-3-12(18)8-14(10)15/h1-8H,9H2. The van der Waals surface area contributed by atoms with Crippen LogP contribution in [0.3, 0.4) is 0 Å². The fraction of sp³-hybridized carbons (Fsp3) is 0.0625. The van der Waals surface area contributed by atoms with Gasteiger partial charge in [0, 0.05) is 26.0 Å². The molecule has 1 heterocycles. The quantitative estimate of drug-likeness (QED) is 0.577. The number of benzene rings is 2. The molecule has 0 saturated heterocycles. The topological polar surface area (TPSA) is 39.4 Å². The van der Waals surface area contributed by atoms with E-state index in [4.69, 9.17) is 9.15 Å². The lowest BCUT2D eigenvalue weighted by Gasteiger charge is -2.08. The first-order valence-corrected chi connectivity index (χ1v) is 7.81. The fourth-order valence-electron chi connectivity index (χ4n) is 2.01. The molecule has 3 rings (SSSR count). The molecule has 0 radical (unpaired) electrons. The molecule has 0 atom stereocenters. The summed E-state index contributed by atoms with van der Waals surface area (Å²) in [5.41, 5.74) is 0.977. The van der Waals surface area contributed by atoms with E-state index in [2.05, 4.69) is 31.9 Å². The Balaban J connectivity index is 1.94. The second-order valence-corrected chi connectivity index (χ2v) is 6.31. The lowest BCUT2D eigenvalue weighted by molar-refractivity contribution is 0.306. The van der Waals surface area contributed by atoms with Gasteiger partial charge in [0.05, 0.1) is 0 Å². The zero-order valence-corrected chi connectivity index (χ0v) is 14.0. The maximum Gasteiger partial charge on any atom is 0.336 e. The van der Waals surface area contributed by atoms with E-state index < -0.39 is 0 Å². The van der Waals surface area contributed by atoms with Crippen LogP contribution in [0.15, 0.2) is 66.7 Å². The highest BCUT2D eigenvalue weighted by Crippen LogP contribution is 2.23. The predicted octanol–water partition coefficient (Wildman–Crippen LogP) is 4.90. The zero-order chi connectivity index (χ0) is 14.8. The van der Waals surface area contributed by atoms with Gasteiger partial charge in [-0.3, -0.25) is 0 Å². The van der Waals surface area contributed by atoms with E-state index in [-0.39, 0.29) is 5.63 Å². The number of fused-ring (bicyclic) bond motifs is 1. The maximum absolute atomic E-state index is 11.6. The summed E-state index contributed by atoms with van der Waals surface area (Å²) in [7, 11) is 0. The van der Waals surface area contributed by atoms with Crippen LogP contribution in [0.1, 0.15) is 5.56 Å². The Morgan fingerprint density at radius 2 is 1.67 bits per heavy atom. The van der Waals surface area contributed by atoms with Crippen LogP contribution in [0.4, 0.5) is 0 Å². The van der Waals surface area contributed by atoms with E-state index in [0.29, 0.717) is 12.2 Å². The summed E-state index contributed by atoms with van der Waals surface area (Å²) in [6, 6.07) is 14.5. The summed E-state index contributed by atoms with van der Waals surface area (Å²) in [6.07, 6.45) is 0. The summed E-state index contributed by atoms with van der Waals surface area (Å²) in [4.78, 5) is 11.6. The van der Waals surface area contributed by atoms with Crippen LogP contribution in [0, 0.1) is 0 Å². The molecule has 3 aromatic rings. The average Bonchev–Trinajstić information content (AvgIpc) is 2.47. The van der Waals surface area contributed by atoms with Crippen molar-refractivity contribution in [3.8, 4) is 5.75 Å². The number of rotatable bonds is 3. The monoisotopic (exact) mass is 408 g/mol. The molecule has 0 bridgehead atoms. The normalized spacial score (nSPS) is 10.8. The minimum atomic E-state index is -0.376. The molecule has 2 aromatic carbocycles. The van der Waals surface area contributed by atoms with Gasteiger partial charge in [-0.05, 0) is 42.5 Å². The number of hydrogen-bond donors (Lipinski definition) is 0. The van der Waals surface area contributed by atoms with E-state index >= 15 is 0 Å². The molecule has 0 N–H and O–H groups in total. The molecule has 0 aliphatic carbocycles. The predicted molar refractivity (Wildman–Crippen MR) is 88.7 cm³/mol. The molecule has 106 valence electrons. The van der Waals surface area contributed by atoms with E-state index in [1.165, 1.54) is 6.07 Å². The van der Waals surface area contributed by atoms with Crippen LogP contribution in [-0.4, -0.2) is 0 Å². The van der Waals surface area contributed by atoms with Gasteiger partial charge in [-0.2, -0.15) is 0 Å². The highest BCUT2D eigenvalue weighted by Gasteiger charge is 2.07. The molecule has 0 aliphatic rings. The summed E-state index contributed by atoms with van der Waals surface area (Å²) >= 11 is 6.80. The van der Waals surface area contributed by atoms with Crippen molar-refractivity contribution in [1.82, 2.24) is 0 Å². The van der Waals surface area contributed by atoms with Gasteiger partial charge in [0.2, 0.25) is 0 Å². The molecule has 3 nitrogen and oxygen atoms in total. The summed E-state index contributed by atoms with van der Waals surface area (Å²) in [5.74, 6) is 0.745. The summed E-state index contributed by atoms with van der Waals surface area (Å²) in [6.45, 7) is 0.306. The number of ether oxygens (including phenoxy) is 1. The number of hydrogen-bond acceptors (Lipinski definition) is 3. The Morgan fingerprint density at radius 3 is 2.43 bits per heavy atom. The van der Waals surface area contributed by atoms with E-state index in [0.717, 1.165) is 25.6 Å². The van der Waals surface area contributed by atoms with Crippen molar-refractivity contribution in [2.45, 2.75) is 6.61 Å². The second kappa shape index (κ2) is 6.03. The third kappa shape index (κ3) is 3.36. The first kappa shape index (κ1) is 14.4. The number of halogens is 2. The van der Waals surface area contributed by atoms with Gasteiger partial charge in [-0.25, -0.2) is 4.79 Å². The molecule has 0 amide bonds. The summed E-state index contributed by atoms with van der Waals surface area (Å²) in [5, 5.41) is 0.862. The van der Waals surface area contributed by atoms with Gasteiger partial charge in [0.1, 0.15) is 17.9 Å². The minimum absolute atomic E-state index is 0.306. The van der Waals surface area contributed by atoms with Crippen LogP contribution in [-0.2, 0) is 6.61 Å². The summed E-state index contributed by atoms with van der Waals surface area (Å²) < 4.78 is 12.8. The second-order valence-electron chi connectivity index (χ2n) is 4.47. The maximum atomic E-state index is 11.6. The van der Waals surface area contributed by atoms with Crippen LogP contribution in [0.25, 0.3) is 11.0 Å². The fourth-order valence-corrected chi connectivity index (χ4v) is 2.64. The lowest BCUT2D eigenvalue weighted by Crippen LogP contribution is -2.04. The molecular weight excluding hydrogens is 400 g/mol. The largest absolute Gasteiger partial charge is 0.489 e. The van der Waals surface area contributed by atoms with Crippen molar-refractivity contribution in [3.05, 3.63) is 73.5 Å².